The number of para-hydroxylation sites is 1. The van der Waals surface area contributed by atoms with Crippen LogP contribution in [0.3, 0.4) is 0 Å². The number of hydrogen-bond acceptors (Lipinski definition) is 3. The summed E-state index contributed by atoms with van der Waals surface area (Å²) in [6.45, 7) is 2.65. The van der Waals surface area contributed by atoms with Gasteiger partial charge in [0.25, 0.3) is 0 Å². The van der Waals surface area contributed by atoms with Crippen molar-refractivity contribution in [2.75, 3.05) is 13.7 Å². The van der Waals surface area contributed by atoms with Crippen molar-refractivity contribution in [3.63, 3.8) is 0 Å². The van der Waals surface area contributed by atoms with Gasteiger partial charge in [-0.1, -0.05) is 18.2 Å². The van der Waals surface area contributed by atoms with E-state index in [9.17, 15) is 0 Å². The minimum absolute atomic E-state index is 0.722. The molecule has 0 saturated carbocycles. The fraction of sp³-hybridized carbons (Fsp3) is 0.267. The van der Waals surface area contributed by atoms with Gasteiger partial charge in [0.15, 0.2) is 0 Å². The molecule has 0 aliphatic rings. The van der Waals surface area contributed by atoms with E-state index in [1.165, 1.54) is 5.56 Å². The molecule has 0 aliphatic carbocycles. The Morgan fingerprint density at radius 1 is 1.22 bits per heavy atom. The summed E-state index contributed by atoms with van der Waals surface area (Å²) in [5.74, 6) is 2.62. The summed E-state index contributed by atoms with van der Waals surface area (Å²) < 4.78 is 10.7. The second kappa shape index (κ2) is 6.05. The van der Waals surface area contributed by atoms with E-state index in [-0.39, 0.29) is 0 Å². The molecule has 0 aliphatic heterocycles. The first-order valence-electron chi connectivity index (χ1n) is 5.98. The Morgan fingerprint density at radius 2 is 2.06 bits per heavy atom. The molecule has 3 nitrogen and oxygen atoms in total. The predicted octanol–water partition coefficient (Wildman–Crippen LogP) is 3.26. The summed E-state index contributed by atoms with van der Waals surface area (Å²) in [6, 6.07) is 11.9. The lowest BCUT2D eigenvalue weighted by atomic mass is 10.1. The van der Waals surface area contributed by atoms with Crippen molar-refractivity contribution in [2.24, 2.45) is 4.99 Å². The molecule has 1 aromatic carbocycles. The molecule has 0 atom stereocenters. The highest BCUT2D eigenvalue weighted by atomic mass is 16.5. The molecule has 0 unspecified atom stereocenters. The topological polar surface area (TPSA) is 34.7 Å². The van der Waals surface area contributed by atoms with Crippen LogP contribution in [-0.2, 0) is 6.42 Å². The molecular weight excluding hydrogens is 226 g/mol. The lowest BCUT2D eigenvalue weighted by Crippen LogP contribution is -1.94. The first-order chi connectivity index (χ1) is 8.79. The van der Waals surface area contributed by atoms with Crippen molar-refractivity contribution in [3.05, 3.63) is 53.5 Å². The Bertz CT molecular complexity index is 529. The molecule has 0 N–H and O–H groups in total. The monoisotopic (exact) mass is 243 g/mol. The van der Waals surface area contributed by atoms with Crippen LogP contribution < -0.4 is 4.74 Å². The molecule has 1 aromatic heterocycles. The third-order valence-electron chi connectivity index (χ3n) is 2.68. The molecule has 0 spiro atoms. The first-order valence-corrected chi connectivity index (χ1v) is 5.98. The molecule has 2 aromatic rings. The molecule has 3 heteroatoms. The number of aliphatic imine (C=N–C) groups is 1. The van der Waals surface area contributed by atoms with Gasteiger partial charge in [-0.15, -0.1) is 0 Å². The minimum atomic E-state index is 0.722. The number of benzene rings is 1. The van der Waals surface area contributed by atoms with Crippen LogP contribution in [0.15, 0.2) is 45.8 Å². The van der Waals surface area contributed by atoms with E-state index in [1.54, 1.807) is 13.3 Å². The summed E-state index contributed by atoms with van der Waals surface area (Å²) >= 11 is 0. The zero-order valence-corrected chi connectivity index (χ0v) is 10.7. The number of aryl methyl sites for hydroxylation is 1. The van der Waals surface area contributed by atoms with E-state index in [4.69, 9.17) is 9.15 Å². The zero-order valence-electron chi connectivity index (χ0n) is 10.7. The summed E-state index contributed by atoms with van der Waals surface area (Å²) in [6.07, 6.45) is 2.63. The maximum Gasteiger partial charge on any atom is 0.144 e. The third kappa shape index (κ3) is 3.23. The highest BCUT2D eigenvalue weighted by molar-refractivity contribution is 5.75. The van der Waals surface area contributed by atoms with Gasteiger partial charge in [0.2, 0.25) is 0 Å². The highest BCUT2D eigenvalue weighted by Gasteiger charge is 2.00. The zero-order chi connectivity index (χ0) is 12.8. The molecule has 0 bridgehead atoms. The normalized spacial score (nSPS) is 11.0. The van der Waals surface area contributed by atoms with Gasteiger partial charge >= 0.3 is 0 Å². The number of rotatable bonds is 5. The van der Waals surface area contributed by atoms with Gasteiger partial charge in [0, 0.05) is 6.54 Å². The van der Waals surface area contributed by atoms with Gasteiger partial charge in [0.05, 0.1) is 13.3 Å². The van der Waals surface area contributed by atoms with E-state index in [2.05, 4.69) is 11.1 Å². The van der Waals surface area contributed by atoms with E-state index >= 15 is 0 Å². The van der Waals surface area contributed by atoms with Gasteiger partial charge in [-0.3, -0.25) is 4.99 Å². The Morgan fingerprint density at radius 3 is 2.78 bits per heavy atom. The molecule has 0 fully saturated rings. The van der Waals surface area contributed by atoms with E-state index < -0.39 is 0 Å². The van der Waals surface area contributed by atoms with Gasteiger partial charge < -0.3 is 9.15 Å². The van der Waals surface area contributed by atoms with Gasteiger partial charge in [-0.05, 0) is 37.1 Å². The molecule has 0 saturated heterocycles. The molecule has 94 valence electrons. The summed E-state index contributed by atoms with van der Waals surface area (Å²) in [5, 5.41) is 0. The van der Waals surface area contributed by atoms with Gasteiger partial charge in [-0.25, -0.2) is 0 Å². The van der Waals surface area contributed by atoms with Gasteiger partial charge in [0.1, 0.15) is 17.3 Å². The fourth-order valence-electron chi connectivity index (χ4n) is 1.77. The van der Waals surface area contributed by atoms with Crippen LogP contribution in [0.2, 0.25) is 0 Å². The standard InChI is InChI=1S/C15H17NO2/c1-12-7-8-14(18-12)11-16-10-9-13-5-3-4-6-15(13)17-2/h3-8,11H,9-10H2,1-2H3. The fourth-order valence-corrected chi connectivity index (χ4v) is 1.77. The lowest BCUT2D eigenvalue weighted by molar-refractivity contribution is 0.410. The quantitative estimate of drug-likeness (QED) is 0.755. The second-order valence-electron chi connectivity index (χ2n) is 4.05. The number of methoxy groups -OCH3 is 1. The predicted molar refractivity (Wildman–Crippen MR) is 72.6 cm³/mol. The minimum Gasteiger partial charge on any atom is -0.496 e. The van der Waals surface area contributed by atoms with Crippen molar-refractivity contribution in [3.8, 4) is 5.75 Å². The number of furan rings is 1. The third-order valence-corrected chi connectivity index (χ3v) is 2.68. The van der Waals surface area contributed by atoms with Crippen molar-refractivity contribution < 1.29 is 9.15 Å². The number of ether oxygens (including phenoxy) is 1. The molecule has 0 amide bonds. The SMILES string of the molecule is COc1ccccc1CCN=Cc1ccc(C)o1. The van der Waals surface area contributed by atoms with Crippen molar-refractivity contribution in [1.29, 1.82) is 0 Å². The van der Waals surface area contributed by atoms with Crippen LogP contribution in [0, 0.1) is 6.92 Å². The lowest BCUT2D eigenvalue weighted by Gasteiger charge is -2.05. The van der Waals surface area contributed by atoms with Crippen LogP contribution in [0.1, 0.15) is 17.1 Å². The molecular formula is C15H17NO2. The van der Waals surface area contributed by atoms with Crippen LogP contribution in [0.5, 0.6) is 5.75 Å². The number of nitrogens with zero attached hydrogens (tertiary/aromatic N) is 1. The Kier molecular flexibility index (Phi) is 4.18. The Labute approximate surface area is 107 Å². The van der Waals surface area contributed by atoms with Crippen LogP contribution in [0.25, 0.3) is 0 Å². The summed E-state index contributed by atoms with van der Waals surface area (Å²) in [4.78, 5) is 4.35. The molecule has 2 rings (SSSR count). The average Bonchev–Trinajstić information content (AvgIpc) is 2.81. The average molecular weight is 243 g/mol. The molecule has 1 heterocycles. The van der Waals surface area contributed by atoms with Crippen molar-refractivity contribution in [1.82, 2.24) is 0 Å². The number of hydrogen-bond donors (Lipinski definition) is 0. The van der Waals surface area contributed by atoms with E-state index in [1.807, 2.05) is 37.3 Å². The largest absolute Gasteiger partial charge is 0.496 e. The molecule has 0 radical (unpaired) electrons. The van der Waals surface area contributed by atoms with Gasteiger partial charge in [-0.2, -0.15) is 0 Å². The molecule has 18 heavy (non-hydrogen) atoms. The maximum atomic E-state index is 5.41. The van der Waals surface area contributed by atoms with Crippen molar-refractivity contribution >= 4 is 6.21 Å². The smallest absolute Gasteiger partial charge is 0.144 e. The van der Waals surface area contributed by atoms with Crippen LogP contribution in [0.4, 0.5) is 0 Å². The Hall–Kier alpha value is -2.03. The van der Waals surface area contributed by atoms with E-state index in [0.717, 1.165) is 30.2 Å². The van der Waals surface area contributed by atoms with Crippen LogP contribution >= 0.6 is 0 Å². The summed E-state index contributed by atoms with van der Waals surface area (Å²) in [7, 11) is 1.69. The van der Waals surface area contributed by atoms with E-state index in [0.29, 0.717) is 0 Å². The van der Waals surface area contributed by atoms with Crippen LogP contribution in [-0.4, -0.2) is 19.9 Å². The Balaban J connectivity index is 1.90. The highest BCUT2D eigenvalue weighted by Crippen LogP contribution is 2.17. The maximum absolute atomic E-state index is 5.41. The summed E-state index contributed by atoms with van der Waals surface area (Å²) in [5.41, 5.74) is 1.17. The second-order valence-corrected chi connectivity index (χ2v) is 4.05. The first kappa shape index (κ1) is 12.4. The van der Waals surface area contributed by atoms with Crippen molar-refractivity contribution in [2.45, 2.75) is 13.3 Å².